The Morgan fingerprint density at radius 2 is 1.89 bits per heavy atom. The first-order valence-corrected chi connectivity index (χ1v) is 5.58. The number of ether oxygens (including phenoxy) is 1. The summed E-state index contributed by atoms with van der Waals surface area (Å²) in [7, 11) is 1.51. The highest BCUT2D eigenvalue weighted by molar-refractivity contribution is 5.23. The lowest BCUT2D eigenvalue weighted by molar-refractivity contribution is -0.0152. The zero-order chi connectivity index (χ0) is 13.0. The molecule has 18 heavy (non-hydrogen) atoms. The standard InChI is InChI=1S/C14H14FNO2/c1-18-14(10-5-3-2-4-6-10)13(17)11-7-12(15)9-16-8-11/h2-9,13-14,17H,1H3. The van der Waals surface area contributed by atoms with Crippen molar-refractivity contribution in [3.05, 3.63) is 65.7 Å². The second-order valence-corrected chi connectivity index (χ2v) is 3.95. The molecule has 2 atom stereocenters. The molecule has 2 rings (SSSR count). The van der Waals surface area contributed by atoms with Gasteiger partial charge in [0.2, 0.25) is 0 Å². The number of hydrogen-bond acceptors (Lipinski definition) is 3. The smallest absolute Gasteiger partial charge is 0.141 e. The van der Waals surface area contributed by atoms with Crippen LogP contribution in [0.15, 0.2) is 48.8 Å². The van der Waals surface area contributed by atoms with Crippen LogP contribution in [0.4, 0.5) is 4.39 Å². The Bertz CT molecular complexity index is 504. The van der Waals surface area contributed by atoms with Crippen molar-refractivity contribution in [2.75, 3.05) is 7.11 Å². The molecule has 1 heterocycles. The van der Waals surface area contributed by atoms with Crippen molar-refractivity contribution < 1.29 is 14.2 Å². The molecule has 0 aliphatic heterocycles. The van der Waals surface area contributed by atoms with Gasteiger partial charge in [0.05, 0.1) is 6.20 Å². The Morgan fingerprint density at radius 1 is 1.17 bits per heavy atom. The number of halogens is 1. The largest absolute Gasteiger partial charge is 0.385 e. The molecule has 1 aromatic carbocycles. The van der Waals surface area contributed by atoms with E-state index < -0.39 is 18.0 Å². The van der Waals surface area contributed by atoms with Gasteiger partial charge in [0.15, 0.2) is 0 Å². The van der Waals surface area contributed by atoms with E-state index in [0.29, 0.717) is 5.56 Å². The van der Waals surface area contributed by atoms with E-state index in [1.54, 1.807) is 0 Å². The fraction of sp³-hybridized carbons (Fsp3) is 0.214. The first kappa shape index (κ1) is 12.7. The van der Waals surface area contributed by atoms with Gasteiger partial charge in [0, 0.05) is 18.9 Å². The molecule has 0 fully saturated rings. The Morgan fingerprint density at radius 3 is 2.50 bits per heavy atom. The molecule has 0 aliphatic carbocycles. The number of nitrogens with zero attached hydrogens (tertiary/aromatic N) is 1. The van der Waals surface area contributed by atoms with Gasteiger partial charge in [-0.3, -0.25) is 4.98 Å². The summed E-state index contributed by atoms with van der Waals surface area (Å²) in [5.74, 6) is -0.477. The third-order valence-corrected chi connectivity index (χ3v) is 2.74. The molecule has 3 nitrogen and oxygen atoms in total. The average Bonchev–Trinajstić information content (AvgIpc) is 2.41. The lowest BCUT2D eigenvalue weighted by atomic mass is 9.99. The molecule has 1 aromatic heterocycles. The highest BCUT2D eigenvalue weighted by Gasteiger charge is 2.22. The van der Waals surface area contributed by atoms with Crippen molar-refractivity contribution >= 4 is 0 Å². The Labute approximate surface area is 105 Å². The SMILES string of the molecule is COC(c1ccccc1)C(O)c1cncc(F)c1. The summed E-state index contributed by atoms with van der Waals surface area (Å²) in [6.45, 7) is 0. The van der Waals surface area contributed by atoms with Gasteiger partial charge < -0.3 is 9.84 Å². The first-order chi connectivity index (χ1) is 8.72. The van der Waals surface area contributed by atoms with Crippen LogP contribution in [0.3, 0.4) is 0 Å². The number of rotatable bonds is 4. The van der Waals surface area contributed by atoms with Crippen molar-refractivity contribution in [2.45, 2.75) is 12.2 Å². The maximum atomic E-state index is 13.1. The zero-order valence-electron chi connectivity index (χ0n) is 9.95. The molecular weight excluding hydrogens is 233 g/mol. The van der Waals surface area contributed by atoms with E-state index in [1.807, 2.05) is 30.3 Å². The van der Waals surface area contributed by atoms with Crippen molar-refractivity contribution in [2.24, 2.45) is 0 Å². The number of pyridine rings is 1. The summed E-state index contributed by atoms with van der Waals surface area (Å²) in [6.07, 6.45) is 1.03. The van der Waals surface area contributed by atoms with E-state index in [-0.39, 0.29) is 0 Å². The maximum absolute atomic E-state index is 13.1. The minimum Gasteiger partial charge on any atom is -0.385 e. The molecule has 0 spiro atoms. The highest BCUT2D eigenvalue weighted by atomic mass is 19.1. The first-order valence-electron chi connectivity index (χ1n) is 5.58. The van der Waals surface area contributed by atoms with E-state index in [9.17, 15) is 9.50 Å². The van der Waals surface area contributed by atoms with Crippen LogP contribution in [0.5, 0.6) is 0 Å². The van der Waals surface area contributed by atoms with Gasteiger partial charge in [-0.1, -0.05) is 30.3 Å². The van der Waals surface area contributed by atoms with Crippen molar-refractivity contribution in [1.29, 1.82) is 0 Å². The molecule has 0 amide bonds. The van der Waals surface area contributed by atoms with Crippen LogP contribution in [0.25, 0.3) is 0 Å². The molecular formula is C14H14FNO2. The zero-order valence-corrected chi connectivity index (χ0v) is 9.95. The van der Waals surface area contributed by atoms with Crippen molar-refractivity contribution in [3.8, 4) is 0 Å². The summed E-state index contributed by atoms with van der Waals surface area (Å²) >= 11 is 0. The molecule has 2 unspecified atom stereocenters. The third-order valence-electron chi connectivity index (χ3n) is 2.74. The highest BCUT2D eigenvalue weighted by Crippen LogP contribution is 2.31. The predicted molar refractivity (Wildman–Crippen MR) is 65.3 cm³/mol. The number of aromatic nitrogens is 1. The van der Waals surface area contributed by atoms with Gasteiger partial charge in [-0.2, -0.15) is 0 Å². The van der Waals surface area contributed by atoms with Crippen LogP contribution in [-0.4, -0.2) is 17.2 Å². The van der Waals surface area contributed by atoms with Gasteiger partial charge >= 0.3 is 0 Å². The second kappa shape index (κ2) is 5.71. The topological polar surface area (TPSA) is 42.4 Å². The van der Waals surface area contributed by atoms with Gasteiger partial charge in [-0.15, -0.1) is 0 Å². The monoisotopic (exact) mass is 247 g/mol. The van der Waals surface area contributed by atoms with Crippen LogP contribution >= 0.6 is 0 Å². The Hall–Kier alpha value is -1.78. The minimum atomic E-state index is -0.958. The quantitative estimate of drug-likeness (QED) is 0.903. The van der Waals surface area contributed by atoms with E-state index >= 15 is 0 Å². The van der Waals surface area contributed by atoms with Crippen LogP contribution < -0.4 is 0 Å². The second-order valence-electron chi connectivity index (χ2n) is 3.95. The number of benzene rings is 1. The van der Waals surface area contributed by atoms with Crippen LogP contribution in [0, 0.1) is 5.82 Å². The summed E-state index contributed by atoms with van der Waals surface area (Å²) in [5, 5.41) is 10.2. The normalized spacial score (nSPS) is 14.2. The molecule has 0 aliphatic rings. The molecule has 0 saturated heterocycles. The Balaban J connectivity index is 2.28. The molecule has 1 N–H and O–H groups in total. The number of hydrogen-bond donors (Lipinski definition) is 1. The fourth-order valence-corrected chi connectivity index (χ4v) is 1.85. The molecule has 94 valence electrons. The van der Waals surface area contributed by atoms with Crippen LogP contribution in [-0.2, 0) is 4.74 Å². The van der Waals surface area contributed by atoms with E-state index in [2.05, 4.69) is 4.98 Å². The summed E-state index contributed by atoms with van der Waals surface area (Å²) in [5.41, 5.74) is 1.22. The maximum Gasteiger partial charge on any atom is 0.141 e. The van der Waals surface area contributed by atoms with Crippen LogP contribution in [0.2, 0.25) is 0 Å². The molecule has 4 heteroatoms. The summed E-state index contributed by atoms with van der Waals surface area (Å²) in [4.78, 5) is 3.73. The van der Waals surface area contributed by atoms with Gasteiger partial charge in [-0.25, -0.2) is 4.39 Å². The Kier molecular flexibility index (Phi) is 4.02. The van der Waals surface area contributed by atoms with Gasteiger partial charge in [0.1, 0.15) is 18.0 Å². The van der Waals surface area contributed by atoms with Gasteiger partial charge in [-0.05, 0) is 11.6 Å². The minimum absolute atomic E-state index is 0.394. The van der Waals surface area contributed by atoms with E-state index in [4.69, 9.17) is 4.74 Å². The van der Waals surface area contributed by atoms with Crippen molar-refractivity contribution in [3.63, 3.8) is 0 Å². The van der Waals surface area contributed by atoms with Crippen molar-refractivity contribution in [1.82, 2.24) is 4.98 Å². The number of aliphatic hydroxyl groups is 1. The van der Waals surface area contributed by atoms with Gasteiger partial charge in [0.25, 0.3) is 0 Å². The number of methoxy groups -OCH3 is 1. The molecule has 0 bridgehead atoms. The average molecular weight is 247 g/mol. The summed E-state index contributed by atoms with van der Waals surface area (Å²) in [6, 6.07) is 10.6. The van der Waals surface area contributed by atoms with E-state index in [0.717, 1.165) is 11.8 Å². The predicted octanol–water partition coefficient (Wildman–Crippen LogP) is 2.64. The molecule has 0 saturated carbocycles. The summed E-state index contributed by atoms with van der Waals surface area (Å²) < 4.78 is 18.4. The fourth-order valence-electron chi connectivity index (χ4n) is 1.85. The lowest BCUT2D eigenvalue weighted by Gasteiger charge is -2.22. The third kappa shape index (κ3) is 2.72. The van der Waals surface area contributed by atoms with Crippen LogP contribution in [0.1, 0.15) is 23.3 Å². The van der Waals surface area contributed by atoms with E-state index in [1.165, 1.54) is 19.4 Å². The molecule has 0 radical (unpaired) electrons. The molecule has 2 aromatic rings. The lowest BCUT2D eigenvalue weighted by Crippen LogP contribution is -2.13. The number of aliphatic hydroxyl groups excluding tert-OH is 1.